The molecule has 2 rings (SSSR count). The Balaban J connectivity index is 1.45. The molecule has 0 aliphatic carbocycles. The molecular formula is C20H24F2O3P+. The predicted molar refractivity (Wildman–Crippen MR) is 98.2 cm³/mol. The van der Waals surface area contributed by atoms with Gasteiger partial charge in [0.15, 0.2) is 0 Å². The molecule has 0 N–H and O–H groups in total. The van der Waals surface area contributed by atoms with Gasteiger partial charge >= 0.3 is 8.25 Å². The molecule has 0 bridgehead atoms. The van der Waals surface area contributed by atoms with Crippen LogP contribution in [0.4, 0.5) is 8.78 Å². The van der Waals surface area contributed by atoms with Gasteiger partial charge in [-0.15, -0.1) is 9.05 Å². The van der Waals surface area contributed by atoms with Gasteiger partial charge in [-0.1, -0.05) is 24.3 Å². The Hall–Kier alpha value is -1.68. The first-order valence-electron chi connectivity index (χ1n) is 8.85. The Bertz CT molecular complexity index is 602. The lowest BCUT2D eigenvalue weighted by atomic mass is 10.1. The monoisotopic (exact) mass is 381 g/mol. The molecule has 3 nitrogen and oxygen atoms in total. The maximum absolute atomic E-state index is 12.8. The molecule has 2 aromatic rings. The fourth-order valence-corrected chi connectivity index (χ4v) is 3.11. The SMILES string of the molecule is O=[P+](OCCCCc1ccc(F)cc1)OCCCCc1ccc(F)cc1. The topological polar surface area (TPSA) is 35.5 Å². The summed E-state index contributed by atoms with van der Waals surface area (Å²) in [6, 6.07) is 12.9. The minimum Gasteiger partial charge on any atom is -0.207 e. The van der Waals surface area contributed by atoms with Gasteiger partial charge in [0, 0.05) is 4.57 Å². The van der Waals surface area contributed by atoms with Gasteiger partial charge in [-0.25, -0.2) is 8.78 Å². The van der Waals surface area contributed by atoms with Crippen LogP contribution < -0.4 is 0 Å². The largest absolute Gasteiger partial charge is 0.697 e. The van der Waals surface area contributed by atoms with E-state index in [1.165, 1.54) is 24.3 Å². The van der Waals surface area contributed by atoms with E-state index < -0.39 is 8.25 Å². The molecule has 0 aliphatic rings. The zero-order valence-corrected chi connectivity index (χ0v) is 15.6. The van der Waals surface area contributed by atoms with Crippen molar-refractivity contribution in [1.29, 1.82) is 0 Å². The van der Waals surface area contributed by atoms with E-state index in [2.05, 4.69) is 0 Å². The maximum Gasteiger partial charge on any atom is 0.697 e. The molecule has 0 aromatic heterocycles. The third-order valence-corrected chi connectivity index (χ3v) is 4.73. The lowest BCUT2D eigenvalue weighted by Crippen LogP contribution is -1.94. The molecule has 0 saturated carbocycles. The first-order valence-corrected chi connectivity index (χ1v) is 9.95. The maximum atomic E-state index is 12.8. The standard InChI is InChI=1S/C20H24F2O3P/c21-19-11-7-17(8-12-19)5-1-3-15-24-26(23)25-16-4-2-6-18-9-13-20(22)14-10-18/h7-14H,1-6,15-16H2/q+1. The molecule has 0 unspecified atom stereocenters. The molecule has 0 saturated heterocycles. The van der Waals surface area contributed by atoms with Crippen molar-refractivity contribution in [3.05, 3.63) is 71.3 Å². The van der Waals surface area contributed by atoms with Gasteiger partial charge in [0.05, 0.1) is 0 Å². The van der Waals surface area contributed by atoms with Crippen molar-refractivity contribution in [2.24, 2.45) is 0 Å². The highest BCUT2D eigenvalue weighted by Crippen LogP contribution is 2.24. The third kappa shape index (κ3) is 8.61. The lowest BCUT2D eigenvalue weighted by molar-refractivity contribution is 0.219. The van der Waals surface area contributed by atoms with Crippen molar-refractivity contribution in [2.75, 3.05) is 13.2 Å². The zero-order valence-electron chi connectivity index (χ0n) is 14.7. The van der Waals surface area contributed by atoms with Crippen LogP contribution in [0.15, 0.2) is 48.5 Å². The van der Waals surface area contributed by atoms with Gasteiger partial charge in [0.2, 0.25) is 0 Å². The number of rotatable bonds is 12. The summed E-state index contributed by atoms with van der Waals surface area (Å²) >= 11 is 0. The van der Waals surface area contributed by atoms with Gasteiger partial charge in [-0.05, 0) is 73.9 Å². The van der Waals surface area contributed by atoms with Crippen LogP contribution in [0.5, 0.6) is 0 Å². The van der Waals surface area contributed by atoms with Crippen LogP contribution in [-0.4, -0.2) is 13.2 Å². The second-order valence-corrected chi connectivity index (χ2v) is 7.02. The molecule has 0 spiro atoms. The van der Waals surface area contributed by atoms with Crippen molar-refractivity contribution >= 4 is 8.25 Å². The summed E-state index contributed by atoms with van der Waals surface area (Å²) in [5.74, 6) is -0.465. The van der Waals surface area contributed by atoms with Crippen LogP contribution >= 0.6 is 8.25 Å². The Labute approximate surface area is 154 Å². The summed E-state index contributed by atoms with van der Waals surface area (Å²) in [6.45, 7) is 0.762. The summed E-state index contributed by atoms with van der Waals surface area (Å²) < 4.78 is 47.5. The number of unbranched alkanes of at least 4 members (excludes halogenated alkanes) is 2. The average molecular weight is 381 g/mol. The molecular weight excluding hydrogens is 357 g/mol. The highest BCUT2D eigenvalue weighted by Gasteiger charge is 2.19. The number of benzene rings is 2. The minimum atomic E-state index is -2.08. The van der Waals surface area contributed by atoms with Crippen molar-refractivity contribution in [1.82, 2.24) is 0 Å². The quantitative estimate of drug-likeness (QED) is 0.334. The summed E-state index contributed by atoms with van der Waals surface area (Å²) in [5.41, 5.74) is 2.15. The molecule has 0 atom stereocenters. The lowest BCUT2D eigenvalue weighted by Gasteiger charge is -2.00. The van der Waals surface area contributed by atoms with Crippen LogP contribution in [-0.2, 0) is 26.5 Å². The molecule has 0 aliphatic heterocycles. The second kappa shape index (κ2) is 11.8. The van der Waals surface area contributed by atoms with Crippen molar-refractivity contribution in [3.63, 3.8) is 0 Å². The first kappa shape index (κ1) is 20.6. The van der Waals surface area contributed by atoms with E-state index in [4.69, 9.17) is 9.05 Å². The summed E-state index contributed by atoms with van der Waals surface area (Å²) in [7, 11) is -2.08. The fourth-order valence-electron chi connectivity index (χ4n) is 2.48. The van der Waals surface area contributed by atoms with Crippen molar-refractivity contribution in [3.8, 4) is 0 Å². The smallest absolute Gasteiger partial charge is 0.207 e. The molecule has 140 valence electrons. The Kier molecular flexibility index (Phi) is 9.40. The molecule has 0 amide bonds. The van der Waals surface area contributed by atoms with Crippen LogP contribution in [0.2, 0.25) is 0 Å². The molecule has 0 heterocycles. The molecule has 0 fully saturated rings. The first-order chi connectivity index (χ1) is 12.6. The molecule has 26 heavy (non-hydrogen) atoms. The minimum absolute atomic E-state index is 0.233. The van der Waals surface area contributed by atoms with Crippen molar-refractivity contribution < 1.29 is 22.4 Å². The summed E-state index contributed by atoms with van der Waals surface area (Å²) in [5, 5.41) is 0. The normalized spacial score (nSPS) is 10.8. The van der Waals surface area contributed by atoms with E-state index in [-0.39, 0.29) is 11.6 Å². The number of hydrogen-bond acceptors (Lipinski definition) is 3. The fraction of sp³-hybridized carbons (Fsp3) is 0.400. The second-order valence-electron chi connectivity index (χ2n) is 6.06. The predicted octanol–water partition coefficient (Wildman–Crippen LogP) is 6.00. The Morgan fingerprint density at radius 2 is 1.04 bits per heavy atom. The van der Waals surface area contributed by atoms with E-state index in [0.29, 0.717) is 13.2 Å². The van der Waals surface area contributed by atoms with Crippen molar-refractivity contribution in [2.45, 2.75) is 38.5 Å². The summed E-state index contributed by atoms with van der Waals surface area (Å²) in [4.78, 5) is 0. The molecule has 6 heteroatoms. The van der Waals surface area contributed by atoms with E-state index >= 15 is 0 Å². The van der Waals surface area contributed by atoms with Gasteiger partial charge in [0.1, 0.15) is 24.8 Å². The number of hydrogen-bond donors (Lipinski definition) is 0. The molecule has 2 aromatic carbocycles. The Morgan fingerprint density at radius 3 is 1.42 bits per heavy atom. The third-order valence-electron chi connectivity index (χ3n) is 3.94. The number of aryl methyl sites for hydroxylation is 2. The van der Waals surface area contributed by atoms with Gasteiger partial charge < -0.3 is 0 Å². The number of halogens is 2. The van der Waals surface area contributed by atoms with Gasteiger partial charge in [-0.3, -0.25) is 0 Å². The van der Waals surface area contributed by atoms with Crippen LogP contribution in [0, 0.1) is 11.6 Å². The molecule has 0 radical (unpaired) electrons. The average Bonchev–Trinajstić information content (AvgIpc) is 2.64. The van der Waals surface area contributed by atoms with E-state index in [1.54, 1.807) is 24.3 Å². The Morgan fingerprint density at radius 1 is 0.654 bits per heavy atom. The van der Waals surface area contributed by atoms with E-state index in [1.807, 2.05) is 0 Å². The highest BCUT2D eigenvalue weighted by molar-refractivity contribution is 7.33. The van der Waals surface area contributed by atoms with E-state index in [0.717, 1.165) is 49.7 Å². The van der Waals surface area contributed by atoms with Crippen LogP contribution in [0.3, 0.4) is 0 Å². The van der Waals surface area contributed by atoms with Gasteiger partial charge in [-0.2, -0.15) is 0 Å². The zero-order chi connectivity index (χ0) is 18.6. The van der Waals surface area contributed by atoms with E-state index in [9.17, 15) is 13.3 Å². The van der Waals surface area contributed by atoms with Gasteiger partial charge in [0.25, 0.3) is 0 Å². The van der Waals surface area contributed by atoms with Crippen LogP contribution in [0.25, 0.3) is 0 Å². The highest BCUT2D eigenvalue weighted by atomic mass is 31.1. The summed E-state index contributed by atoms with van der Waals surface area (Å²) in [6.07, 6.45) is 4.98. The van der Waals surface area contributed by atoms with Crippen LogP contribution in [0.1, 0.15) is 36.8 Å².